The first-order valence-electron chi connectivity index (χ1n) is 8.99. The molecule has 0 fully saturated rings. The van der Waals surface area contributed by atoms with Crippen LogP contribution in [0.25, 0.3) is 11.0 Å². The number of H-pyrrole nitrogens is 1. The topological polar surface area (TPSA) is 136 Å². The maximum Gasteiger partial charge on any atom is 0.310 e. The van der Waals surface area contributed by atoms with Crippen LogP contribution >= 0.6 is 11.8 Å². The number of hydrogen-bond donors (Lipinski definition) is 2. The zero-order chi connectivity index (χ0) is 21.6. The van der Waals surface area contributed by atoms with Crippen LogP contribution in [0.3, 0.4) is 0 Å². The Morgan fingerprint density at radius 3 is 2.87 bits per heavy atom. The number of aromatic amines is 1. The van der Waals surface area contributed by atoms with Crippen molar-refractivity contribution >= 4 is 40.6 Å². The van der Waals surface area contributed by atoms with Crippen molar-refractivity contribution in [1.82, 2.24) is 15.4 Å². The molecule has 2 N–H and O–H groups in total. The number of hydrazone groups is 1. The Labute approximate surface area is 179 Å². The van der Waals surface area contributed by atoms with Crippen LogP contribution in [-0.4, -0.2) is 33.6 Å². The lowest BCUT2D eigenvalue weighted by atomic mass is 10.3. The van der Waals surface area contributed by atoms with Gasteiger partial charge in [-0.15, -0.1) is 0 Å². The molecule has 2 heterocycles. The van der Waals surface area contributed by atoms with Crippen molar-refractivity contribution in [2.45, 2.75) is 10.2 Å². The lowest BCUT2D eigenvalue weighted by Gasteiger charge is -2.05. The summed E-state index contributed by atoms with van der Waals surface area (Å²) in [7, 11) is 0. The number of furan rings is 1. The van der Waals surface area contributed by atoms with Gasteiger partial charge in [-0.25, -0.2) is 10.4 Å². The molecule has 11 heteroatoms. The predicted octanol–water partition coefficient (Wildman–Crippen LogP) is 3.74. The maximum atomic E-state index is 11.9. The third-order valence-electron chi connectivity index (χ3n) is 3.97. The van der Waals surface area contributed by atoms with E-state index in [0.717, 1.165) is 11.0 Å². The van der Waals surface area contributed by atoms with Gasteiger partial charge in [-0.05, 0) is 42.1 Å². The van der Waals surface area contributed by atoms with Crippen molar-refractivity contribution in [2.24, 2.45) is 5.10 Å². The van der Waals surface area contributed by atoms with Crippen molar-refractivity contribution in [3.63, 3.8) is 0 Å². The van der Waals surface area contributed by atoms with Gasteiger partial charge in [-0.2, -0.15) is 5.10 Å². The van der Waals surface area contributed by atoms with Gasteiger partial charge in [0, 0.05) is 6.07 Å². The minimum absolute atomic E-state index is 0.00455. The van der Waals surface area contributed by atoms with Gasteiger partial charge in [0.25, 0.3) is 5.91 Å². The monoisotopic (exact) mass is 437 g/mol. The second kappa shape index (κ2) is 9.13. The van der Waals surface area contributed by atoms with Crippen molar-refractivity contribution in [3.05, 3.63) is 76.5 Å². The van der Waals surface area contributed by atoms with Crippen molar-refractivity contribution in [3.8, 4) is 5.75 Å². The normalized spacial score (nSPS) is 11.1. The summed E-state index contributed by atoms with van der Waals surface area (Å²) in [5, 5.41) is 16.0. The number of para-hydroxylation sites is 4. The highest BCUT2D eigenvalue weighted by Gasteiger charge is 2.14. The number of ether oxygens (including phenoxy) is 1. The van der Waals surface area contributed by atoms with Gasteiger partial charge in [-0.3, -0.25) is 14.9 Å². The standard InChI is InChI=1S/C20H15N5O5S/c26-18(12-29-17-8-4-3-7-16(17)25(27)28)24-21-11-13-9-10-19(30-13)31-20-22-14-5-1-2-6-15(14)23-20/h1-11H,12H2,(H,22,23)(H,24,26)/b21-11+. The number of fused-ring (bicyclic) bond motifs is 1. The van der Waals surface area contributed by atoms with E-state index in [-0.39, 0.29) is 11.4 Å². The quantitative estimate of drug-likeness (QED) is 0.243. The summed E-state index contributed by atoms with van der Waals surface area (Å²) in [5.41, 5.74) is 3.86. The molecule has 4 aromatic rings. The van der Waals surface area contributed by atoms with E-state index in [1.807, 2.05) is 24.3 Å². The predicted molar refractivity (Wildman–Crippen MR) is 113 cm³/mol. The SMILES string of the molecule is O=C(COc1ccccc1[N+](=O)[O-])N/N=C/c1ccc(Sc2nc3ccccc3[nH]2)o1. The minimum atomic E-state index is -0.580. The van der Waals surface area contributed by atoms with Crippen LogP contribution in [0.1, 0.15) is 5.76 Å². The maximum absolute atomic E-state index is 11.9. The van der Waals surface area contributed by atoms with Crippen LogP contribution in [0.15, 0.2) is 80.4 Å². The highest BCUT2D eigenvalue weighted by atomic mass is 32.2. The minimum Gasteiger partial charge on any atom is -0.477 e. The van der Waals surface area contributed by atoms with E-state index in [0.29, 0.717) is 16.0 Å². The highest BCUT2D eigenvalue weighted by Crippen LogP contribution is 2.28. The lowest BCUT2D eigenvalue weighted by molar-refractivity contribution is -0.385. The van der Waals surface area contributed by atoms with Crippen LogP contribution < -0.4 is 10.2 Å². The van der Waals surface area contributed by atoms with Crippen molar-refractivity contribution in [1.29, 1.82) is 0 Å². The van der Waals surface area contributed by atoms with E-state index in [9.17, 15) is 14.9 Å². The molecule has 0 saturated carbocycles. The molecular formula is C20H15N5O5S. The van der Waals surface area contributed by atoms with Crippen LogP contribution in [-0.2, 0) is 4.79 Å². The number of nitrogens with zero attached hydrogens (tertiary/aromatic N) is 3. The molecule has 0 aliphatic heterocycles. The smallest absolute Gasteiger partial charge is 0.310 e. The molecule has 2 aromatic heterocycles. The Balaban J connectivity index is 1.29. The Bertz CT molecular complexity index is 1230. The van der Waals surface area contributed by atoms with E-state index in [4.69, 9.17) is 9.15 Å². The molecule has 0 aliphatic rings. The summed E-state index contributed by atoms with van der Waals surface area (Å²) >= 11 is 1.33. The fourth-order valence-electron chi connectivity index (χ4n) is 2.61. The van der Waals surface area contributed by atoms with E-state index >= 15 is 0 Å². The summed E-state index contributed by atoms with van der Waals surface area (Å²) in [6.07, 6.45) is 1.34. The number of hydrogen-bond acceptors (Lipinski definition) is 8. The first-order valence-corrected chi connectivity index (χ1v) is 9.81. The average molecular weight is 437 g/mol. The number of carbonyl (C=O) groups is 1. The van der Waals surface area contributed by atoms with Gasteiger partial charge in [0.15, 0.2) is 22.6 Å². The third-order valence-corrected chi connectivity index (χ3v) is 4.78. The van der Waals surface area contributed by atoms with E-state index in [2.05, 4.69) is 20.5 Å². The number of carbonyl (C=O) groups excluding carboxylic acids is 1. The van der Waals surface area contributed by atoms with Gasteiger partial charge < -0.3 is 14.1 Å². The van der Waals surface area contributed by atoms with Gasteiger partial charge in [0.1, 0.15) is 5.76 Å². The van der Waals surface area contributed by atoms with Gasteiger partial charge in [-0.1, -0.05) is 24.3 Å². The molecule has 0 saturated heterocycles. The molecule has 0 radical (unpaired) electrons. The number of aromatic nitrogens is 2. The average Bonchev–Trinajstić information content (AvgIpc) is 3.38. The molecule has 4 rings (SSSR count). The Morgan fingerprint density at radius 1 is 1.23 bits per heavy atom. The number of imidazole rings is 1. The van der Waals surface area contributed by atoms with Crippen LogP contribution in [0.4, 0.5) is 5.69 Å². The Hall–Kier alpha value is -4.12. The number of amides is 1. The number of benzene rings is 2. The fourth-order valence-corrected chi connectivity index (χ4v) is 3.37. The van der Waals surface area contributed by atoms with E-state index in [1.54, 1.807) is 18.2 Å². The molecule has 0 spiro atoms. The second-order valence-electron chi connectivity index (χ2n) is 6.12. The summed E-state index contributed by atoms with van der Waals surface area (Å²) in [5.74, 6) is -0.138. The lowest BCUT2D eigenvalue weighted by Crippen LogP contribution is -2.24. The first-order chi connectivity index (χ1) is 15.1. The first kappa shape index (κ1) is 20.2. The molecule has 0 atom stereocenters. The molecule has 0 bridgehead atoms. The number of nitrogens with one attached hydrogen (secondary N) is 2. The number of nitro benzene ring substituents is 1. The van der Waals surface area contributed by atoms with Crippen molar-refractivity contribution in [2.75, 3.05) is 6.61 Å². The molecule has 10 nitrogen and oxygen atoms in total. The van der Waals surface area contributed by atoms with Gasteiger partial charge in [0.05, 0.1) is 22.2 Å². The molecule has 1 amide bonds. The van der Waals surface area contributed by atoms with Crippen molar-refractivity contribution < 1.29 is 18.9 Å². The highest BCUT2D eigenvalue weighted by molar-refractivity contribution is 7.99. The molecule has 0 unspecified atom stereocenters. The third kappa shape index (κ3) is 5.08. The van der Waals surface area contributed by atoms with E-state index < -0.39 is 17.4 Å². The van der Waals surface area contributed by atoms with E-state index in [1.165, 1.54) is 36.2 Å². The largest absolute Gasteiger partial charge is 0.477 e. The Kier molecular flexibility index (Phi) is 5.94. The molecule has 31 heavy (non-hydrogen) atoms. The number of nitro groups is 1. The molecule has 156 valence electrons. The van der Waals surface area contributed by atoms with Gasteiger partial charge in [0.2, 0.25) is 0 Å². The van der Waals surface area contributed by atoms with Gasteiger partial charge >= 0.3 is 5.69 Å². The zero-order valence-electron chi connectivity index (χ0n) is 15.8. The summed E-state index contributed by atoms with van der Waals surface area (Å²) < 4.78 is 10.8. The molecule has 0 aliphatic carbocycles. The van der Waals surface area contributed by atoms with Crippen LogP contribution in [0, 0.1) is 10.1 Å². The molecule has 2 aromatic carbocycles. The molecular weight excluding hydrogens is 422 g/mol. The number of rotatable bonds is 8. The summed E-state index contributed by atoms with van der Waals surface area (Å²) in [4.78, 5) is 29.9. The summed E-state index contributed by atoms with van der Waals surface area (Å²) in [6.45, 7) is -0.423. The fraction of sp³-hybridized carbons (Fsp3) is 0.0500. The van der Waals surface area contributed by atoms with Crippen LogP contribution in [0.2, 0.25) is 0 Å². The Morgan fingerprint density at radius 2 is 2.03 bits per heavy atom. The second-order valence-corrected chi connectivity index (χ2v) is 7.12. The van der Waals surface area contributed by atoms with Crippen LogP contribution in [0.5, 0.6) is 5.75 Å². The zero-order valence-corrected chi connectivity index (χ0v) is 16.7. The summed E-state index contributed by atoms with van der Waals surface area (Å²) in [6, 6.07) is 17.0.